The Bertz CT molecular complexity index is 1200. The highest BCUT2D eigenvalue weighted by Crippen LogP contribution is 2.38. The molecule has 5 nitrogen and oxygen atoms in total. The van der Waals surface area contributed by atoms with Crippen molar-refractivity contribution in [1.82, 2.24) is 0 Å². The van der Waals surface area contributed by atoms with Gasteiger partial charge in [-0.15, -0.1) is 0 Å². The smallest absolute Gasteiger partial charge is 0.339 e. The van der Waals surface area contributed by atoms with Crippen LogP contribution in [0.25, 0.3) is 0 Å². The SMILES string of the molecule is CN(C)c1ccc(C(c2ccc(N(C)C)cc2)c2ccc(N(C)C)cc2C(=O)OC(C)(C)CC(C)(C)C)cc1. The number of nitrogens with zero attached hydrogens (tertiary/aromatic N) is 3. The summed E-state index contributed by atoms with van der Waals surface area (Å²) in [6.45, 7) is 10.5. The Balaban J connectivity index is 2.19. The summed E-state index contributed by atoms with van der Waals surface area (Å²) in [6.07, 6.45) is 0.760. The van der Waals surface area contributed by atoms with Gasteiger partial charge in [-0.05, 0) is 78.8 Å². The lowest BCUT2D eigenvalue weighted by Gasteiger charge is -2.33. The Labute approximate surface area is 236 Å². The van der Waals surface area contributed by atoms with Crippen molar-refractivity contribution in [2.75, 3.05) is 57.0 Å². The summed E-state index contributed by atoms with van der Waals surface area (Å²) in [5.74, 6) is -0.426. The first-order valence-electron chi connectivity index (χ1n) is 13.7. The van der Waals surface area contributed by atoms with Gasteiger partial charge in [0.05, 0.1) is 5.56 Å². The predicted octanol–water partition coefficient (Wildman–Crippen LogP) is 7.44. The summed E-state index contributed by atoms with van der Waals surface area (Å²) in [5.41, 5.74) is 6.44. The molecule has 0 unspecified atom stereocenters. The number of carbonyl (C=O) groups excluding carboxylic acids is 1. The molecule has 39 heavy (non-hydrogen) atoms. The molecule has 210 valence electrons. The average Bonchev–Trinajstić information content (AvgIpc) is 2.83. The molecule has 3 aromatic rings. The number of ether oxygens (including phenoxy) is 1. The van der Waals surface area contributed by atoms with Crippen LogP contribution in [0, 0.1) is 5.41 Å². The molecule has 3 aromatic carbocycles. The van der Waals surface area contributed by atoms with Crippen LogP contribution in [0.1, 0.15) is 74.0 Å². The van der Waals surface area contributed by atoms with Gasteiger partial charge < -0.3 is 19.4 Å². The van der Waals surface area contributed by atoms with Crippen molar-refractivity contribution in [3.8, 4) is 0 Å². The van der Waals surface area contributed by atoms with Crippen molar-refractivity contribution in [3.63, 3.8) is 0 Å². The van der Waals surface area contributed by atoms with Crippen molar-refractivity contribution < 1.29 is 9.53 Å². The zero-order chi connectivity index (χ0) is 29.1. The fourth-order valence-electron chi connectivity index (χ4n) is 5.35. The summed E-state index contributed by atoms with van der Waals surface area (Å²) in [5, 5.41) is 0. The molecule has 5 heteroatoms. The number of hydrogen-bond donors (Lipinski definition) is 0. The molecule has 0 saturated heterocycles. The highest BCUT2D eigenvalue weighted by molar-refractivity contribution is 5.93. The molecule has 0 bridgehead atoms. The molecular formula is C34H47N3O2. The summed E-state index contributed by atoms with van der Waals surface area (Å²) in [7, 11) is 12.1. The second kappa shape index (κ2) is 11.7. The highest BCUT2D eigenvalue weighted by Gasteiger charge is 2.32. The van der Waals surface area contributed by atoms with Crippen molar-refractivity contribution in [2.45, 2.75) is 52.6 Å². The first-order valence-corrected chi connectivity index (χ1v) is 13.7. The number of esters is 1. The molecule has 0 aliphatic rings. The van der Waals surface area contributed by atoms with E-state index in [1.54, 1.807) is 0 Å². The van der Waals surface area contributed by atoms with E-state index >= 15 is 0 Å². The molecule has 3 rings (SSSR count). The first-order chi connectivity index (χ1) is 18.1. The van der Waals surface area contributed by atoms with Crippen LogP contribution in [-0.2, 0) is 4.74 Å². The molecule has 0 aliphatic heterocycles. The molecule has 0 spiro atoms. The Kier molecular flexibility index (Phi) is 9.05. The van der Waals surface area contributed by atoms with E-state index in [1.165, 1.54) is 0 Å². The molecule has 0 atom stereocenters. The highest BCUT2D eigenvalue weighted by atomic mass is 16.6. The van der Waals surface area contributed by atoms with Gasteiger partial charge in [-0.3, -0.25) is 0 Å². The molecule has 0 aromatic heterocycles. The van der Waals surface area contributed by atoms with E-state index in [0.29, 0.717) is 5.56 Å². The van der Waals surface area contributed by atoms with E-state index in [0.717, 1.165) is 40.2 Å². The van der Waals surface area contributed by atoms with Crippen LogP contribution in [0.15, 0.2) is 66.7 Å². The third-order valence-electron chi connectivity index (χ3n) is 6.89. The normalized spacial score (nSPS) is 11.9. The minimum absolute atomic E-state index is 0.0308. The van der Waals surface area contributed by atoms with Crippen LogP contribution in [0.4, 0.5) is 17.1 Å². The Morgan fingerprint density at radius 2 is 1.08 bits per heavy atom. The fourth-order valence-corrected chi connectivity index (χ4v) is 5.35. The second-order valence-electron chi connectivity index (χ2n) is 13.0. The first kappa shape index (κ1) is 30.1. The summed E-state index contributed by atoms with van der Waals surface area (Å²) >= 11 is 0. The third kappa shape index (κ3) is 7.78. The topological polar surface area (TPSA) is 36.0 Å². The van der Waals surface area contributed by atoms with Gasteiger partial charge in [0.25, 0.3) is 0 Å². The maximum atomic E-state index is 13.9. The van der Waals surface area contributed by atoms with Crippen LogP contribution in [0.3, 0.4) is 0 Å². The number of rotatable bonds is 9. The Morgan fingerprint density at radius 1 is 0.667 bits per heavy atom. The fraction of sp³-hybridized carbons (Fsp3) is 0.441. The van der Waals surface area contributed by atoms with Gasteiger partial charge in [-0.1, -0.05) is 51.1 Å². The predicted molar refractivity (Wildman–Crippen MR) is 167 cm³/mol. The van der Waals surface area contributed by atoms with Gasteiger partial charge in [-0.25, -0.2) is 4.79 Å². The minimum atomic E-state index is -0.600. The van der Waals surface area contributed by atoms with Crippen molar-refractivity contribution in [1.29, 1.82) is 0 Å². The van der Waals surface area contributed by atoms with Crippen molar-refractivity contribution >= 4 is 23.0 Å². The standard InChI is InChI=1S/C34H47N3O2/c1-33(2,3)23-34(4,5)39-32(38)30-22-28(37(10)11)20-21-29(30)31(24-12-16-26(17-13-24)35(6)7)25-14-18-27(19-15-25)36(8)9/h12-22,31H,23H2,1-11H3. The average molecular weight is 530 g/mol. The molecule has 0 heterocycles. The third-order valence-corrected chi connectivity index (χ3v) is 6.89. The Morgan fingerprint density at radius 3 is 1.46 bits per heavy atom. The van der Waals surface area contributed by atoms with Gasteiger partial charge in [0.15, 0.2) is 0 Å². The molecule has 0 radical (unpaired) electrons. The molecule has 0 saturated carbocycles. The van der Waals surface area contributed by atoms with Gasteiger partial charge in [0.2, 0.25) is 0 Å². The zero-order valence-electron chi connectivity index (χ0n) is 25.8. The van der Waals surface area contributed by atoms with E-state index in [-0.39, 0.29) is 17.3 Å². The van der Waals surface area contributed by atoms with Crippen LogP contribution < -0.4 is 14.7 Å². The van der Waals surface area contributed by atoms with E-state index in [4.69, 9.17) is 4.74 Å². The molecule has 0 N–H and O–H groups in total. The lowest BCUT2D eigenvalue weighted by Crippen LogP contribution is -2.33. The van der Waals surface area contributed by atoms with Gasteiger partial charge in [0, 0.05) is 65.3 Å². The van der Waals surface area contributed by atoms with Gasteiger partial charge in [-0.2, -0.15) is 0 Å². The van der Waals surface area contributed by atoms with E-state index in [2.05, 4.69) is 91.2 Å². The van der Waals surface area contributed by atoms with E-state index in [1.807, 2.05) is 67.1 Å². The Hall–Kier alpha value is -3.47. The molecular weight excluding hydrogens is 482 g/mol. The van der Waals surface area contributed by atoms with Crippen LogP contribution in [-0.4, -0.2) is 53.9 Å². The van der Waals surface area contributed by atoms with E-state index in [9.17, 15) is 4.79 Å². The maximum absolute atomic E-state index is 13.9. The quantitative estimate of drug-likeness (QED) is 0.213. The van der Waals surface area contributed by atoms with Crippen molar-refractivity contribution in [3.05, 3.63) is 89.0 Å². The number of anilines is 3. The maximum Gasteiger partial charge on any atom is 0.339 e. The molecule has 0 aliphatic carbocycles. The lowest BCUT2D eigenvalue weighted by molar-refractivity contribution is -0.0179. The van der Waals surface area contributed by atoms with E-state index < -0.39 is 5.60 Å². The number of hydrogen-bond acceptors (Lipinski definition) is 5. The van der Waals surface area contributed by atoms with Gasteiger partial charge >= 0.3 is 5.97 Å². The molecule has 0 fully saturated rings. The zero-order valence-corrected chi connectivity index (χ0v) is 25.8. The largest absolute Gasteiger partial charge is 0.456 e. The van der Waals surface area contributed by atoms with Crippen LogP contribution >= 0.6 is 0 Å². The van der Waals surface area contributed by atoms with Crippen LogP contribution in [0.5, 0.6) is 0 Å². The molecule has 0 amide bonds. The summed E-state index contributed by atoms with van der Waals surface area (Å²) < 4.78 is 6.23. The summed E-state index contributed by atoms with van der Waals surface area (Å²) in [6, 6.07) is 23.3. The minimum Gasteiger partial charge on any atom is -0.456 e. The second-order valence-corrected chi connectivity index (χ2v) is 13.0. The van der Waals surface area contributed by atoms with Crippen molar-refractivity contribution in [2.24, 2.45) is 5.41 Å². The van der Waals surface area contributed by atoms with Crippen LogP contribution in [0.2, 0.25) is 0 Å². The lowest BCUT2D eigenvalue weighted by atomic mass is 9.82. The number of benzene rings is 3. The van der Waals surface area contributed by atoms with Gasteiger partial charge in [0.1, 0.15) is 5.60 Å². The summed E-state index contributed by atoms with van der Waals surface area (Å²) in [4.78, 5) is 20.2. The monoisotopic (exact) mass is 529 g/mol. The number of carbonyl (C=O) groups is 1.